The Morgan fingerprint density at radius 1 is 1.25 bits per heavy atom. The van der Waals surface area contributed by atoms with E-state index in [0.717, 1.165) is 9.36 Å². The number of tetrazole rings is 1. The Kier molecular flexibility index (Phi) is 5.84. The van der Waals surface area contributed by atoms with E-state index >= 15 is 0 Å². The minimum Gasteiger partial charge on any atom is -0.391 e. The monoisotopic (exact) mass is 407 g/mol. The summed E-state index contributed by atoms with van der Waals surface area (Å²) in [6.45, 7) is 1.59. The number of hydrogen-bond acceptors (Lipinski definition) is 5. The van der Waals surface area contributed by atoms with Gasteiger partial charge in [-0.05, 0) is 41.1 Å². The number of hydrogen-bond donors (Lipinski definition) is 0. The Morgan fingerprint density at radius 2 is 2.00 bits per heavy atom. The van der Waals surface area contributed by atoms with E-state index in [1.165, 1.54) is 25.2 Å². The molecular formula is C18H16ClF2N5O2. The molecule has 0 atom stereocenters. The SMILES string of the molecule is CC(=NOCc1c(Cl)cccc1-n1nnn(C)c1=O)c1cccc(C(F)F)c1. The second-order valence-electron chi connectivity index (χ2n) is 5.91. The van der Waals surface area contributed by atoms with Crippen LogP contribution < -0.4 is 5.69 Å². The first-order valence-electron chi connectivity index (χ1n) is 8.20. The van der Waals surface area contributed by atoms with Gasteiger partial charge in [-0.3, -0.25) is 0 Å². The Morgan fingerprint density at radius 3 is 2.68 bits per heavy atom. The zero-order valence-electron chi connectivity index (χ0n) is 15.0. The van der Waals surface area contributed by atoms with Gasteiger partial charge in [0.1, 0.15) is 6.61 Å². The van der Waals surface area contributed by atoms with Crippen LogP contribution in [0.1, 0.15) is 30.0 Å². The first kappa shape index (κ1) is 19.7. The summed E-state index contributed by atoms with van der Waals surface area (Å²) in [7, 11) is 1.48. The highest BCUT2D eigenvalue weighted by atomic mass is 35.5. The van der Waals surface area contributed by atoms with Gasteiger partial charge in [-0.2, -0.15) is 9.36 Å². The van der Waals surface area contributed by atoms with E-state index in [4.69, 9.17) is 16.4 Å². The maximum absolute atomic E-state index is 12.8. The quantitative estimate of drug-likeness (QED) is 0.463. The lowest BCUT2D eigenvalue weighted by Crippen LogP contribution is -2.23. The standard InChI is InChI=1S/C18H16ClF2N5O2/c1-11(12-5-3-6-13(9-12)17(20)21)22-28-10-14-15(19)7-4-8-16(14)26-18(27)25(2)23-24-26/h3-9,17H,10H2,1-2H3. The van der Waals surface area contributed by atoms with Crippen LogP contribution in [0.15, 0.2) is 52.4 Å². The Hall–Kier alpha value is -3.07. The third-order valence-electron chi connectivity index (χ3n) is 4.01. The van der Waals surface area contributed by atoms with E-state index in [-0.39, 0.29) is 12.2 Å². The molecule has 28 heavy (non-hydrogen) atoms. The first-order valence-corrected chi connectivity index (χ1v) is 8.58. The largest absolute Gasteiger partial charge is 0.391 e. The van der Waals surface area contributed by atoms with Crippen LogP contribution in [-0.4, -0.2) is 25.5 Å². The van der Waals surface area contributed by atoms with E-state index < -0.39 is 12.1 Å². The van der Waals surface area contributed by atoms with Crippen molar-refractivity contribution >= 4 is 17.3 Å². The van der Waals surface area contributed by atoms with Crippen molar-refractivity contribution in [2.24, 2.45) is 12.2 Å². The second-order valence-corrected chi connectivity index (χ2v) is 6.32. The summed E-state index contributed by atoms with van der Waals surface area (Å²) < 4.78 is 27.9. The molecule has 0 unspecified atom stereocenters. The van der Waals surface area contributed by atoms with E-state index in [0.29, 0.717) is 27.5 Å². The van der Waals surface area contributed by atoms with Crippen LogP contribution in [0, 0.1) is 0 Å². The summed E-state index contributed by atoms with van der Waals surface area (Å²) >= 11 is 6.24. The number of rotatable bonds is 6. The van der Waals surface area contributed by atoms with Crippen molar-refractivity contribution in [2.75, 3.05) is 0 Å². The van der Waals surface area contributed by atoms with Crippen molar-refractivity contribution in [1.82, 2.24) is 19.8 Å². The smallest absolute Gasteiger partial charge is 0.368 e. The van der Waals surface area contributed by atoms with E-state index in [1.54, 1.807) is 31.2 Å². The van der Waals surface area contributed by atoms with Crippen molar-refractivity contribution in [3.63, 3.8) is 0 Å². The molecule has 0 aliphatic rings. The van der Waals surface area contributed by atoms with Gasteiger partial charge in [0.05, 0.1) is 11.4 Å². The second kappa shape index (κ2) is 8.30. The number of alkyl halides is 2. The number of aryl methyl sites for hydroxylation is 1. The molecular weight excluding hydrogens is 392 g/mol. The Balaban J connectivity index is 1.83. The predicted molar refractivity (Wildman–Crippen MR) is 100 cm³/mol. The molecule has 0 bridgehead atoms. The molecule has 1 heterocycles. The highest BCUT2D eigenvalue weighted by Crippen LogP contribution is 2.23. The molecule has 0 aliphatic heterocycles. The highest BCUT2D eigenvalue weighted by molar-refractivity contribution is 6.31. The average Bonchev–Trinajstić information content (AvgIpc) is 3.01. The van der Waals surface area contributed by atoms with Gasteiger partial charge in [0, 0.05) is 23.2 Å². The van der Waals surface area contributed by atoms with Crippen LogP contribution in [0.25, 0.3) is 5.69 Å². The van der Waals surface area contributed by atoms with Crippen molar-refractivity contribution in [3.05, 3.63) is 74.7 Å². The molecule has 146 valence electrons. The molecule has 0 amide bonds. The van der Waals surface area contributed by atoms with Crippen LogP contribution in [-0.2, 0) is 18.5 Å². The van der Waals surface area contributed by atoms with E-state index in [1.807, 2.05) is 0 Å². The minimum absolute atomic E-state index is 0.0517. The lowest BCUT2D eigenvalue weighted by molar-refractivity contribution is 0.130. The fraction of sp³-hybridized carbons (Fsp3) is 0.222. The maximum Gasteiger partial charge on any atom is 0.368 e. The van der Waals surface area contributed by atoms with Crippen molar-refractivity contribution in [3.8, 4) is 5.69 Å². The van der Waals surface area contributed by atoms with E-state index in [2.05, 4.69) is 15.6 Å². The van der Waals surface area contributed by atoms with Crippen LogP contribution in [0.5, 0.6) is 0 Å². The summed E-state index contributed by atoms with van der Waals surface area (Å²) in [5.74, 6) is 0. The summed E-state index contributed by atoms with van der Waals surface area (Å²) in [4.78, 5) is 17.5. The molecule has 0 saturated carbocycles. The fourth-order valence-electron chi connectivity index (χ4n) is 2.50. The van der Waals surface area contributed by atoms with Gasteiger partial charge in [-0.1, -0.05) is 41.0 Å². The molecule has 0 radical (unpaired) electrons. The van der Waals surface area contributed by atoms with Gasteiger partial charge in [-0.15, -0.1) is 0 Å². The lowest BCUT2D eigenvalue weighted by Gasteiger charge is -2.10. The summed E-state index contributed by atoms with van der Waals surface area (Å²) in [6, 6.07) is 10.9. The molecule has 0 aliphatic carbocycles. The molecule has 1 aromatic heterocycles. The number of halogens is 3. The number of aromatic nitrogens is 4. The van der Waals surface area contributed by atoms with E-state index in [9.17, 15) is 13.6 Å². The van der Waals surface area contributed by atoms with Gasteiger partial charge < -0.3 is 4.84 Å². The number of oxime groups is 1. The summed E-state index contributed by atoms with van der Waals surface area (Å²) in [6.07, 6.45) is -2.57. The van der Waals surface area contributed by atoms with Gasteiger partial charge in [-0.25, -0.2) is 13.6 Å². The molecule has 7 nitrogen and oxygen atoms in total. The number of nitrogens with zero attached hydrogens (tertiary/aromatic N) is 5. The van der Waals surface area contributed by atoms with Gasteiger partial charge in [0.2, 0.25) is 0 Å². The average molecular weight is 408 g/mol. The normalized spacial score (nSPS) is 11.9. The lowest BCUT2D eigenvalue weighted by atomic mass is 10.1. The van der Waals surface area contributed by atoms with Gasteiger partial charge in [0.15, 0.2) is 0 Å². The molecule has 10 heteroatoms. The summed E-state index contributed by atoms with van der Waals surface area (Å²) in [5, 5.41) is 11.8. The molecule has 3 rings (SSSR count). The third-order valence-corrected chi connectivity index (χ3v) is 4.36. The fourth-order valence-corrected chi connectivity index (χ4v) is 2.72. The molecule has 0 spiro atoms. The van der Waals surface area contributed by atoms with Crippen LogP contribution >= 0.6 is 11.6 Å². The van der Waals surface area contributed by atoms with Crippen molar-refractivity contribution < 1.29 is 13.6 Å². The van der Waals surface area contributed by atoms with Crippen LogP contribution in [0.4, 0.5) is 8.78 Å². The zero-order valence-corrected chi connectivity index (χ0v) is 15.8. The van der Waals surface area contributed by atoms with Gasteiger partial charge in [0.25, 0.3) is 6.43 Å². The van der Waals surface area contributed by atoms with Crippen LogP contribution in [0.3, 0.4) is 0 Å². The molecule has 0 N–H and O–H groups in total. The highest BCUT2D eigenvalue weighted by Gasteiger charge is 2.14. The van der Waals surface area contributed by atoms with Crippen molar-refractivity contribution in [1.29, 1.82) is 0 Å². The molecule has 0 saturated heterocycles. The first-order chi connectivity index (χ1) is 13.4. The summed E-state index contributed by atoms with van der Waals surface area (Å²) in [5.41, 5.74) is 1.31. The Bertz CT molecular complexity index is 1080. The van der Waals surface area contributed by atoms with Crippen LogP contribution in [0.2, 0.25) is 5.02 Å². The predicted octanol–water partition coefficient (Wildman–Crippen LogP) is 3.50. The number of benzene rings is 2. The molecule has 3 aromatic rings. The van der Waals surface area contributed by atoms with Crippen molar-refractivity contribution in [2.45, 2.75) is 20.0 Å². The third kappa shape index (κ3) is 4.09. The molecule has 0 fully saturated rings. The topological polar surface area (TPSA) is 74.3 Å². The minimum atomic E-state index is -2.57. The van der Waals surface area contributed by atoms with Gasteiger partial charge >= 0.3 is 5.69 Å². The Labute approximate surface area is 163 Å². The molecule has 2 aromatic carbocycles. The maximum atomic E-state index is 12.8. The zero-order chi connectivity index (χ0) is 20.3.